The van der Waals surface area contributed by atoms with Crippen molar-refractivity contribution < 1.29 is 9.32 Å². The predicted molar refractivity (Wildman–Crippen MR) is 60.6 cm³/mol. The van der Waals surface area contributed by atoms with E-state index in [2.05, 4.69) is 20.4 Å². The molecule has 0 aliphatic heterocycles. The van der Waals surface area contributed by atoms with E-state index in [1.165, 1.54) is 11.3 Å². The lowest BCUT2D eigenvalue weighted by molar-refractivity contribution is 0.0951. The van der Waals surface area contributed by atoms with Crippen molar-refractivity contribution in [3.63, 3.8) is 0 Å². The molecule has 3 rings (SSSR count). The van der Waals surface area contributed by atoms with Gasteiger partial charge in [0.2, 0.25) is 0 Å². The van der Waals surface area contributed by atoms with Gasteiger partial charge >= 0.3 is 0 Å². The summed E-state index contributed by atoms with van der Waals surface area (Å²) in [5.41, 5.74) is 0.552. The number of amides is 1. The molecule has 6 nitrogen and oxygen atoms in total. The SMILES string of the molecule is Cc1noc(-c2csc(C(=O)NC3CC3)n2)n1. The second-order valence-corrected chi connectivity index (χ2v) is 4.79. The molecule has 7 heteroatoms. The Balaban J connectivity index is 1.79. The van der Waals surface area contributed by atoms with Gasteiger partial charge in [0.25, 0.3) is 11.8 Å². The zero-order chi connectivity index (χ0) is 11.8. The first kappa shape index (κ1) is 10.4. The fourth-order valence-corrected chi connectivity index (χ4v) is 2.05. The molecule has 0 saturated heterocycles. The molecule has 2 aromatic heterocycles. The van der Waals surface area contributed by atoms with Crippen LogP contribution in [0.5, 0.6) is 0 Å². The van der Waals surface area contributed by atoms with Crippen LogP contribution in [0.25, 0.3) is 11.6 Å². The summed E-state index contributed by atoms with van der Waals surface area (Å²) in [6.07, 6.45) is 2.12. The Morgan fingerprint density at radius 2 is 2.35 bits per heavy atom. The standard InChI is InChI=1S/C10H10N4O2S/c1-5-11-9(16-14-5)7-4-17-10(13-7)8(15)12-6-2-3-6/h4,6H,2-3H2,1H3,(H,12,15). The van der Waals surface area contributed by atoms with Gasteiger partial charge in [0, 0.05) is 11.4 Å². The number of thiazole rings is 1. The molecule has 1 fully saturated rings. The number of aromatic nitrogens is 3. The highest BCUT2D eigenvalue weighted by molar-refractivity contribution is 7.12. The summed E-state index contributed by atoms with van der Waals surface area (Å²) in [5, 5.41) is 8.74. The Morgan fingerprint density at radius 1 is 1.53 bits per heavy atom. The number of hydrogen-bond donors (Lipinski definition) is 1. The van der Waals surface area contributed by atoms with Crippen molar-refractivity contribution in [3.05, 3.63) is 16.2 Å². The van der Waals surface area contributed by atoms with Crippen molar-refractivity contribution >= 4 is 17.2 Å². The molecule has 1 aliphatic carbocycles. The van der Waals surface area contributed by atoms with Gasteiger partial charge in [-0.3, -0.25) is 4.79 Å². The number of nitrogens with zero attached hydrogens (tertiary/aromatic N) is 3. The molecule has 2 aromatic rings. The van der Waals surface area contributed by atoms with Crippen LogP contribution in [0, 0.1) is 6.92 Å². The van der Waals surface area contributed by atoms with Crippen molar-refractivity contribution in [1.82, 2.24) is 20.4 Å². The quantitative estimate of drug-likeness (QED) is 0.890. The molecular formula is C10H10N4O2S. The Kier molecular flexibility index (Phi) is 2.40. The maximum Gasteiger partial charge on any atom is 0.280 e. The van der Waals surface area contributed by atoms with Gasteiger partial charge in [0.05, 0.1) is 0 Å². The Bertz CT molecular complexity index is 558. The lowest BCUT2D eigenvalue weighted by atomic mass is 10.5. The van der Waals surface area contributed by atoms with Crippen LogP contribution in [0.4, 0.5) is 0 Å². The van der Waals surface area contributed by atoms with Gasteiger partial charge in [-0.25, -0.2) is 4.98 Å². The van der Waals surface area contributed by atoms with Crippen LogP contribution in [0.15, 0.2) is 9.90 Å². The van der Waals surface area contributed by atoms with Gasteiger partial charge in [0.1, 0.15) is 5.69 Å². The van der Waals surface area contributed by atoms with E-state index in [1.54, 1.807) is 12.3 Å². The summed E-state index contributed by atoms with van der Waals surface area (Å²) in [6, 6.07) is 0.334. The third kappa shape index (κ3) is 2.19. The molecule has 0 aromatic carbocycles. The number of carbonyl (C=O) groups excluding carboxylic acids is 1. The van der Waals surface area contributed by atoms with Crippen LogP contribution >= 0.6 is 11.3 Å². The van der Waals surface area contributed by atoms with Crippen LogP contribution < -0.4 is 5.32 Å². The van der Waals surface area contributed by atoms with E-state index in [0.717, 1.165) is 12.8 Å². The zero-order valence-corrected chi connectivity index (χ0v) is 9.95. The molecule has 0 atom stereocenters. The molecule has 0 radical (unpaired) electrons. The lowest BCUT2D eigenvalue weighted by Gasteiger charge is -1.97. The van der Waals surface area contributed by atoms with Gasteiger partial charge in [0.15, 0.2) is 10.8 Å². The minimum absolute atomic E-state index is 0.125. The molecule has 0 bridgehead atoms. The molecule has 1 aliphatic rings. The monoisotopic (exact) mass is 250 g/mol. The largest absolute Gasteiger partial charge is 0.347 e. The average molecular weight is 250 g/mol. The summed E-state index contributed by atoms with van der Waals surface area (Å²) < 4.78 is 4.99. The first-order chi connectivity index (χ1) is 8.22. The highest BCUT2D eigenvalue weighted by Gasteiger charge is 2.25. The van der Waals surface area contributed by atoms with Gasteiger partial charge in [-0.1, -0.05) is 5.16 Å². The summed E-state index contributed by atoms with van der Waals surface area (Å²) >= 11 is 1.28. The van der Waals surface area contributed by atoms with Crippen LogP contribution in [-0.4, -0.2) is 27.1 Å². The van der Waals surface area contributed by atoms with Crippen molar-refractivity contribution in [2.45, 2.75) is 25.8 Å². The number of aryl methyl sites for hydroxylation is 1. The van der Waals surface area contributed by atoms with E-state index < -0.39 is 0 Å². The predicted octanol–water partition coefficient (Wildman–Crippen LogP) is 1.39. The van der Waals surface area contributed by atoms with Crippen LogP contribution in [-0.2, 0) is 0 Å². The fraction of sp³-hybridized carbons (Fsp3) is 0.400. The minimum Gasteiger partial charge on any atom is -0.347 e. The second kappa shape index (κ2) is 3.92. The summed E-state index contributed by atoms with van der Waals surface area (Å²) in [7, 11) is 0. The normalized spacial score (nSPS) is 14.9. The smallest absolute Gasteiger partial charge is 0.280 e. The summed E-state index contributed by atoms with van der Waals surface area (Å²) in [4.78, 5) is 20.0. The molecule has 2 heterocycles. The molecule has 1 amide bonds. The maximum absolute atomic E-state index is 11.7. The van der Waals surface area contributed by atoms with E-state index in [-0.39, 0.29) is 5.91 Å². The topological polar surface area (TPSA) is 80.9 Å². The number of nitrogens with one attached hydrogen (secondary N) is 1. The van der Waals surface area contributed by atoms with E-state index in [1.807, 2.05) is 0 Å². The van der Waals surface area contributed by atoms with Crippen molar-refractivity contribution in [3.8, 4) is 11.6 Å². The number of carbonyl (C=O) groups is 1. The maximum atomic E-state index is 11.7. The molecule has 88 valence electrons. The Labute approximate surface area is 101 Å². The molecule has 0 unspecified atom stereocenters. The molecule has 0 spiro atoms. The van der Waals surface area contributed by atoms with E-state index >= 15 is 0 Å². The minimum atomic E-state index is -0.125. The van der Waals surface area contributed by atoms with E-state index in [4.69, 9.17) is 4.52 Å². The Hall–Kier alpha value is -1.76. The average Bonchev–Trinajstić information content (AvgIpc) is 2.81. The molecule has 1 saturated carbocycles. The molecule has 1 N–H and O–H groups in total. The van der Waals surface area contributed by atoms with Gasteiger partial charge in [-0.05, 0) is 19.8 Å². The van der Waals surface area contributed by atoms with Gasteiger partial charge in [-0.2, -0.15) is 4.98 Å². The summed E-state index contributed by atoms with van der Waals surface area (Å²) in [6.45, 7) is 1.74. The van der Waals surface area contributed by atoms with Crippen molar-refractivity contribution in [1.29, 1.82) is 0 Å². The number of hydrogen-bond acceptors (Lipinski definition) is 6. The lowest BCUT2D eigenvalue weighted by Crippen LogP contribution is -2.25. The number of rotatable bonds is 3. The van der Waals surface area contributed by atoms with E-state index in [9.17, 15) is 4.79 Å². The van der Waals surface area contributed by atoms with Gasteiger partial charge < -0.3 is 9.84 Å². The van der Waals surface area contributed by atoms with Crippen molar-refractivity contribution in [2.75, 3.05) is 0 Å². The van der Waals surface area contributed by atoms with Gasteiger partial charge in [-0.15, -0.1) is 11.3 Å². The first-order valence-electron chi connectivity index (χ1n) is 5.29. The van der Waals surface area contributed by atoms with Crippen LogP contribution in [0.3, 0.4) is 0 Å². The summed E-state index contributed by atoms with van der Waals surface area (Å²) in [5.74, 6) is 0.779. The molecular weight excluding hydrogens is 240 g/mol. The third-order valence-electron chi connectivity index (χ3n) is 2.36. The zero-order valence-electron chi connectivity index (χ0n) is 9.14. The fourth-order valence-electron chi connectivity index (χ4n) is 1.35. The van der Waals surface area contributed by atoms with Crippen molar-refractivity contribution in [2.24, 2.45) is 0 Å². The highest BCUT2D eigenvalue weighted by Crippen LogP contribution is 2.22. The van der Waals surface area contributed by atoms with Crippen LogP contribution in [0.2, 0.25) is 0 Å². The van der Waals surface area contributed by atoms with E-state index in [0.29, 0.717) is 28.5 Å². The van der Waals surface area contributed by atoms with Crippen LogP contribution in [0.1, 0.15) is 28.5 Å². The highest BCUT2D eigenvalue weighted by atomic mass is 32.1. The Morgan fingerprint density at radius 3 is 3.00 bits per heavy atom. The third-order valence-corrected chi connectivity index (χ3v) is 3.20. The first-order valence-corrected chi connectivity index (χ1v) is 6.17. The second-order valence-electron chi connectivity index (χ2n) is 3.93. The molecule has 17 heavy (non-hydrogen) atoms.